The minimum atomic E-state index is -0.0466. The molecule has 0 radical (unpaired) electrons. The molecule has 1 heterocycles. The second kappa shape index (κ2) is 5.99. The van der Waals surface area contributed by atoms with Crippen molar-refractivity contribution in [2.75, 3.05) is 0 Å². The molecule has 0 aliphatic carbocycles. The van der Waals surface area contributed by atoms with Crippen LogP contribution in [-0.2, 0) is 6.54 Å². The number of rotatable bonds is 3. The lowest BCUT2D eigenvalue weighted by Crippen LogP contribution is -2.22. The SMILES string of the molecule is Cc1ccccc1CNC(=O)c1cc(Br)c(Br)s1. The van der Waals surface area contributed by atoms with Gasteiger partial charge in [0.1, 0.15) is 0 Å². The molecule has 0 atom stereocenters. The van der Waals surface area contributed by atoms with Crippen LogP contribution in [0, 0.1) is 6.92 Å². The number of thiophene rings is 1. The maximum atomic E-state index is 12.0. The van der Waals surface area contributed by atoms with Crippen molar-refractivity contribution >= 4 is 49.1 Å². The third-order valence-electron chi connectivity index (χ3n) is 2.57. The first-order valence-corrected chi connectivity index (χ1v) is 7.75. The summed E-state index contributed by atoms with van der Waals surface area (Å²) in [6, 6.07) is 9.86. The molecule has 0 spiro atoms. The Labute approximate surface area is 127 Å². The van der Waals surface area contributed by atoms with Crippen LogP contribution in [0.15, 0.2) is 38.6 Å². The molecule has 0 bridgehead atoms. The number of carbonyl (C=O) groups excluding carboxylic acids is 1. The number of nitrogens with one attached hydrogen (secondary N) is 1. The molecule has 0 saturated carbocycles. The predicted octanol–water partition coefficient (Wildman–Crippen LogP) is 4.51. The van der Waals surface area contributed by atoms with Crippen LogP contribution in [0.5, 0.6) is 0 Å². The Bertz CT molecular complexity index is 561. The lowest BCUT2D eigenvalue weighted by molar-refractivity contribution is 0.0955. The van der Waals surface area contributed by atoms with Crippen LogP contribution >= 0.6 is 43.2 Å². The molecule has 1 N–H and O–H groups in total. The zero-order valence-electron chi connectivity index (χ0n) is 9.67. The first-order valence-electron chi connectivity index (χ1n) is 5.35. The molecule has 1 aromatic heterocycles. The highest BCUT2D eigenvalue weighted by molar-refractivity contribution is 9.13. The molecule has 0 unspecified atom stereocenters. The largest absolute Gasteiger partial charge is 0.347 e. The molecule has 0 saturated heterocycles. The first-order chi connectivity index (χ1) is 8.58. The molecule has 94 valence electrons. The van der Waals surface area contributed by atoms with Crippen molar-refractivity contribution in [2.24, 2.45) is 0 Å². The van der Waals surface area contributed by atoms with Crippen LogP contribution in [0.4, 0.5) is 0 Å². The summed E-state index contributed by atoms with van der Waals surface area (Å²) in [5.74, 6) is -0.0466. The second-order valence-electron chi connectivity index (χ2n) is 3.84. The molecule has 0 aliphatic heterocycles. The van der Waals surface area contributed by atoms with E-state index >= 15 is 0 Å². The molecule has 0 fully saturated rings. The summed E-state index contributed by atoms with van der Waals surface area (Å²) in [4.78, 5) is 12.6. The van der Waals surface area contributed by atoms with Gasteiger partial charge in [-0.05, 0) is 56.0 Å². The van der Waals surface area contributed by atoms with Crippen LogP contribution < -0.4 is 5.32 Å². The van der Waals surface area contributed by atoms with Gasteiger partial charge in [-0.2, -0.15) is 0 Å². The van der Waals surface area contributed by atoms with Gasteiger partial charge in [0.25, 0.3) is 5.91 Å². The first kappa shape index (κ1) is 13.8. The van der Waals surface area contributed by atoms with Crippen molar-refractivity contribution in [3.63, 3.8) is 0 Å². The van der Waals surface area contributed by atoms with E-state index in [0.717, 1.165) is 13.8 Å². The van der Waals surface area contributed by atoms with Crippen molar-refractivity contribution in [1.82, 2.24) is 5.32 Å². The number of hydrogen-bond acceptors (Lipinski definition) is 2. The van der Waals surface area contributed by atoms with E-state index in [9.17, 15) is 4.79 Å². The Morgan fingerprint density at radius 3 is 2.67 bits per heavy atom. The van der Waals surface area contributed by atoms with Crippen LogP contribution in [0.2, 0.25) is 0 Å². The summed E-state index contributed by atoms with van der Waals surface area (Å²) in [5, 5.41) is 2.93. The van der Waals surface area contributed by atoms with Crippen molar-refractivity contribution in [3.8, 4) is 0 Å². The topological polar surface area (TPSA) is 29.1 Å². The van der Waals surface area contributed by atoms with Gasteiger partial charge < -0.3 is 5.32 Å². The van der Waals surface area contributed by atoms with Gasteiger partial charge in [-0.25, -0.2) is 0 Å². The number of aryl methyl sites for hydroxylation is 1. The van der Waals surface area contributed by atoms with Crippen molar-refractivity contribution in [2.45, 2.75) is 13.5 Å². The Morgan fingerprint density at radius 1 is 1.33 bits per heavy atom. The molecule has 5 heteroatoms. The van der Waals surface area contributed by atoms with Crippen molar-refractivity contribution in [3.05, 3.63) is 54.6 Å². The number of hydrogen-bond donors (Lipinski definition) is 1. The monoisotopic (exact) mass is 387 g/mol. The van der Waals surface area contributed by atoms with Crippen LogP contribution in [0.1, 0.15) is 20.8 Å². The van der Waals surface area contributed by atoms with E-state index in [-0.39, 0.29) is 5.91 Å². The summed E-state index contributed by atoms with van der Waals surface area (Å²) in [5.41, 5.74) is 2.33. The maximum absolute atomic E-state index is 12.0. The highest BCUT2D eigenvalue weighted by Gasteiger charge is 2.11. The van der Waals surface area contributed by atoms with Gasteiger partial charge in [0.2, 0.25) is 0 Å². The molecule has 2 nitrogen and oxygen atoms in total. The average molecular weight is 389 g/mol. The van der Waals surface area contributed by atoms with E-state index in [1.54, 1.807) is 0 Å². The fourth-order valence-electron chi connectivity index (χ4n) is 1.53. The van der Waals surface area contributed by atoms with E-state index < -0.39 is 0 Å². The van der Waals surface area contributed by atoms with Gasteiger partial charge in [0.15, 0.2) is 0 Å². The summed E-state index contributed by atoms with van der Waals surface area (Å²) in [7, 11) is 0. The van der Waals surface area contributed by atoms with Gasteiger partial charge >= 0.3 is 0 Å². The van der Waals surface area contributed by atoms with E-state index in [1.165, 1.54) is 16.9 Å². The van der Waals surface area contributed by atoms with Gasteiger partial charge in [0, 0.05) is 11.0 Å². The zero-order chi connectivity index (χ0) is 13.1. The third-order valence-corrected chi connectivity index (χ3v) is 5.82. The number of amides is 1. The molecule has 1 aromatic carbocycles. The van der Waals surface area contributed by atoms with E-state index in [1.807, 2.05) is 37.3 Å². The molecule has 1 amide bonds. The Morgan fingerprint density at radius 2 is 2.06 bits per heavy atom. The highest BCUT2D eigenvalue weighted by Crippen LogP contribution is 2.32. The molecular weight excluding hydrogens is 378 g/mol. The second-order valence-corrected chi connectivity index (χ2v) is 7.07. The Balaban J connectivity index is 2.03. The number of benzene rings is 1. The van der Waals surface area contributed by atoms with Crippen molar-refractivity contribution in [1.29, 1.82) is 0 Å². The molecular formula is C13H11Br2NOS. The van der Waals surface area contributed by atoms with Crippen LogP contribution in [0.25, 0.3) is 0 Å². The lowest BCUT2D eigenvalue weighted by atomic mass is 10.1. The standard InChI is InChI=1S/C13H11Br2NOS/c1-8-4-2-3-5-9(8)7-16-13(17)11-6-10(14)12(15)18-11/h2-6H,7H2,1H3,(H,16,17). The Kier molecular flexibility index (Phi) is 4.59. The summed E-state index contributed by atoms with van der Waals surface area (Å²) in [6.07, 6.45) is 0. The quantitative estimate of drug-likeness (QED) is 0.823. The highest BCUT2D eigenvalue weighted by atomic mass is 79.9. The van der Waals surface area contributed by atoms with Crippen LogP contribution in [0.3, 0.4) is 0 Å². The molecule has 18 heavy (non-hydrogen) atoms. The smallest absolute Gasteiger partial charge is 0.261 e. The zero-order valence-corrected chi connectivity index (χ0v) is 13.7. The van der Waals surface area contributed by atoms with E-state index in [0.29, 0.717) is 11.4 Å². The van der Waals surface area contributed by atoms with E-state index in [4.69, 9.17) is 0 Å². The molecule has 2 rings (SSSR count). The van der Waals surface area contributed by atoms with Gasteiger partial charge in [-0.15, -0.1) is 11.3 Å². The lowest BCUT2D eigenvalue weighted by Gasteiger charge is -2.06. The summed E-state index contributed by atoms with van der Waals surface area (Å²) in [6.45, 7) is 2.60. The van der Waals surface area contributed by atoms with Crippen LogP contribution in [-0.4, -0.2) is 5.91 Å². The molecule has 2 aromatic rings. The normalized spacial score (nSPS) is 10.4. The predicted molar refractivity (Wildman–Crippen MR) is 82.1 cm³/mol. The van der Waals surface area contributed by atoms with Gasteiger partial charge in [-0.3, -0.25) is 4.79 Å². The molecule has 0 aliphatic rings. The fourth-order valence-corrected chi connectivity index (χ4v) is 3.48. The number of carbonyl (C=O) groups is 1. The maximum Gasteiger partial charge on any atom is 0.261 e. The fraction of sp³-hybridized carbons (Fsp3) is 0.154. The minimum Gasteiger partial charge on any atom is -0.347 e. The average Bonchev–Trinajstić information content (AvgIpc) is 2.68. The summed E-state index contributed by atoms with van der Waals surface area (Å²) >= 11 is 8.18. The van der Waals surface area contributed by atoms with Gasteiger partial charge in [-0.1, -0.05) is 24.3 Å². The van der Waals surface area contributed by atoms with E-state index in [2.05, 4.69) is 37.2 Å². The minimum absolute atomic E-state index is 0.0466. The number of halogens is 2. The van der Waals surface area contributed by atoms with Crippen molar-refractivity contribution < 1.29 is 4.79 Å². The summed E-state index contributed by atoms with van der Waals surface area (Å²) < 4.78 is 1.84. The third kappa shape index (κ3) is 3.22. The Hall–Kier alpha value is -0.650. The van der Waals surface area contributed by atoms with Gasteiger partial charge in [0.05, 0.1) is 8.66 Å².